The van der Waals surface area contributed by atoms with Crippen LogP contribution in [0.4, 0.5) is 5.69 Å². The quantitative estimate of drug-likeness (QED) is 0.706. The van der Waals surface area contributed by atoms with Gasteiger partial charge in [-0.3, -0.25) is 9.78 Å². The van der Waals surface area contributed by atoms with Crippen LogP contribution in [0.2, 0.25) is 0 Å². The lowest BCUT2D eigenvalue weighted by molar-refractivity contribution is -0.141. The minimum atomic E-state index is -0.853. The minimum Gasteiger partial charge on any atom is -0.479 e. The third kappa shape index (κ3) is 4.06. The zero-order chi connectivity index (χ0) is 24.7. The number of carbonyl (C=O) groups excluding carboxylic acids is 1. The lowest BCUT2D eigenvalue weighted by Crippen LogP contribution is -2.42. The summed E-state index contributed by atoms with van der Waals surface area (Å²) in [6, 6.07) is 9.48. The van der Waals surface area contributed by atoms with Gasteiger partial charge in [0.05, 0.1) is 6.04 Å². The van der Waals surface area contributed by atoms with Crippen molar-refractivity contribution in [3.8, 4) is 0 Å². The van der Waals surface area contributed by atoms with Gasteiger partial charge in [-0.2, -0.15) is 0 Å². The molecule has 1 aliphatic carbocycles. The first kappa shape index (κ1) is 22.8. The number of likely N-dealkylation sites (tertiary alicyclic amines) is 1. The van der Waals surface area contributed by atoms with Gasteiger partial charge in [-0.05, 0) is 79.0 Å². The molecule has 7 nitrogen and oxygen atoms in total. The van der Waals surface area contributed by atoms with Crippen molar-refractivity contribution in [2.45, 2.75) is 44.2 Å². The maximum Gasteiger partial charge on any atom is 0.330 e. The second-order valence-corrected chi connectivity index (χ2v) is 10.6. The van der Waals surface area contributed by atoms with Crippen LogP contribution in [0.5, 0.6) is 0 Å². The highest BCUT2D eigenvalue weighted by Crippen LogP contribution is 2.42. The van der Waals surface area contributed by atoms with Gasteiger partial charge < -0.3 is 19.8 Å². The number of hydrogen-bond acceptors (Lipinski definition) is 5. The third-order valence-corrected chi connectivity index (χ3v) is 8.61. The van der Waals surface area contributed by atoms with Crippen LogP contribution in [-0.4, -0.2) is 64.0 Å². The first-order chi connectivity index (χ1) is 17.5. The van der Waals surface area contributed by atoms with Crippen molar-refractivity contribution in [3.05, 3.63) is 83.8 Å². The summed E-state index contributed by atoms with van der Waals surface area (Å²) in [7, 11) is 0. The van der Waals surface area contributed by atoms with Gasteiger partial charge in [0.25, 0.3) is 5.91 Å². The molecule has 186 valence electrons. The molecule has 2 unspecified atom stereocenters. The van der Waals surface area contributed by atoms with Gasteiger partial charge in [0.15, 0.2) is 0 Å². The molecule has 2 fully saturated rings. The summed E-state index contributed by atoms with van der Waals surface area (Å²) < 4.78 is 0. The van der Waals surface area contributed by atoms with Crippen molar-refractivity contribution in [2.75, 3.05) is 31.1 Å². The second-order valence-electron chi connectivity index (χ2n) is 10.6. The van der Waals surface area contributed by atoms with E-state index in [4.69, 9.17) is 0 Å². The molecule has 1 aromatic heterocycles. The van der Waals surface area contributed by atoms with E-state index in [1.807, 2.05) is 46.6 Å². The van der Waals surface area contributed by atoms with Crippen LogP contribution in [0.3, 0.4) is 0 Å². The van der Waals surface area contributed by atoms with Crippen molar-refractivity contribution >= 4 is 17.6 Å². The maximum absolute atomic E-state index is 13.6. The molecule has 4 heterocycles. The Bertz CT molecular complexity index is 1220. The number of aromatic nitrogens is 1. The summed E-state index contributed by atoms with van der Waals surface area (Å²) in [6.45, 7) is 3.64. The number of hydrogen-bond donors (Lipinski definition) is 1. The monoisotopic (exact) mass is 484 g/mol. The lowest BCUT2D eigenvalue weighted by atomic mass is 9.77. The van der Waals surface area contributed by atoms with E-state index in [0.717, 1.165) is 69.4 Å². The summed E-state index contributed by atoms with van der Waals surface area (Å²) in [5, 5.41) is 9.71. The van der Waals surface area contributed by atoms with Crippen molar-refractivity contribution in [1.82, 2.24) is 14.8 Å². The number of fused-ring (bicyclic) bond motifs is 1. The predicted octanol–water partition coefficient (Wildman–Crippen LogP) is 4.04. The summed E-state index contributed by atoms with van der Waals surface area (Å²) in [6.07, 6.45) is 16.0. The molecule has 3 aliphatic heterocycles. The van der Waals surface area contributed by atoms with E-state index >= 15 is 0 Å². The SMILES string of the molecule is O=C(O)C1C=CC=CN1C1CCc2ccc(C(=O)N3CCC4(CCN(c5ccncc5)CC4)C3)cc21. The van der Waals surface area contributed by atoms with Crippen LogP contribution in [0.25, 0.3) is 0 Å². The highest BCUT2D eigenvalue weighted by atomic mass is 16.4. The molecule has 1 spiro atoms. The Morgan fingerprint density at radius 2 is 1.78 bits per heavy atom. The molecule has 6 rings (SSSR count). The Labute approximate surface area is 211 Å². The van der Waals surface area contributed by atoms with E-state index in [1.54, 1.807) is 12.2 Å². The van der Waals surface area contributed by atoms with E-state index in [2.05, 4.69) is 28.1 Å². The Hall–Kier alpha value is -3.61. The average molecular weight is 485 g/mol. The zero-order valence-corrected chi connectivity index (χ0v) is 20.4. The number of carboxylic acid groups (broad SMARTS) is 1. The lowest BCUT2D eigenvalue weighted by Gasteiger charge is -2.40. The molecule has 0 saturated carbocycles. The smallest absolute Gasteiger partial charge is 0.330 e. The van der Waals surface area contributed by atoms with Crippen LogP contribution in [0.15, 0.2) is 67.2 Å². The summed E-state index contributed by atoms with van der Waals surface area (Å²) in [4.78, 5) is 35.9. The molecule has 7 heteroatoms. The normalized spacial score (nSPS) is 24.4. The number of pyridine rings is 1. The summed E-state index contributed by atoms with van der Waals surface area (Å²) in [5.41, 5.74) is 4.45. The van der Waals surface area contributed by atoms with Gasteiger partial charge in [0, 0.05) is 56.0 Å². The molecule has 1 amide bonds. The average Bonchev–Trinajstić information content (AvgIpc) is 3.53. The third-order valence-electron chi connectivity index (χ3n) is 8.61. The van der Waals surface area contributed by atoms with E-state index in [0.29, 0.717) is 0 Å². The molecule has 2 saturated heterocycles. The summed E-state index contributed by atoms with van der Waals surface area (Å²) in [5.74, 6) is -0.755. The van der Waals surface area contributed by atoms with Gasteiger partial charge in [0.2, 0.25) is 0 Å². The van der Waals surface area contributed by atoms with Crippen molar-refractivity contribution < 1.29 is 14.7 Å². The number of aliphatic carboxylic acids is 1. The molecular weight excluding hydrogens is 452 g/mol. The van der Waals surface area contributed by atoms with Gasteiger partial charge in [0.1, 0.15) is 6.04 Å². The highest BCUT2D eigenvalue weighted by Gasteiger charge is 2.42. The van der Waals surface area contributed by atoms with E-state index in [9.17, 15) is 14.7 Å². The second kappa shape index (κ2) is 9.12. The fourth-order valence-corrected chi connectivity index (χ4v) is 6.53. The van der Waals surface area contributed by atoms with Gasteiger partial charge in [-0.15, -0.1) is 0 Å². The molecule has 2 atom stereocenters. The number of nitrogens with zero attached hydrogens (tertiary/aromatic N) is 4. The first-order valence-corrected chi connectivity index (χ1v) is 13.0. The van der Waals surface area contributed by atoms with E-state index in [-0.39, 0.29) is 17.4 Å². The molecule has 2 aromatic rings. The Morgan fingerprint density at radius 3 is 2.56 bits per heavy atom. The highest BCUT2D eigenvalue weighted by molar-refractivity contribution is 5.95. The number of carboxylic acids is 1. The Morgan fingerprint density at radius 1 is 1.00 bits per heavy atom. The zero-order valence-electron chi connectivity index (χ0n) is 20.4. The Kier molecular flexibility index (Phi) is 5.78. The van der Waals surface area contributed by atoms with Gasteiger partial charge in [-0.1, -0.05) is 18.2 Å². The predicted molar refractivity (Wildman–Crippen MR) is 138 cm³/mol. The molecule has 0 bridgehead atoms. The van der Waals surface area contributed by atoms with Crippen LogP contribution >= 0.6 is 0 Å². The molecular formula is C29H32N4O3. The number of aryl methyl sites for hydroxylation is 1. The van der Waals surface area contributed by atoms with Crippen LogP contribution in [0, 0.1) is 5.41 Å². The molecule has 1 N–H and O–H groups in total. The molecule has 36 heavy (non-hydrogen) atoms. The largest absolute Gasteiger partial charge is 0.479 e. The molecule has 1 aromatic carbocycles. The molecule has 0 radical (unpaired) electrons. The van der Waals surface area contributed by atoms with Crippen molar-refractivity contribution in [3.63, 3.8) is 0 Å². The number of benzene rings is 1. The van der Waals surface area contributed by atoms with Crippen LogP contribution in [0.1, 0.15) is 53.2 Å². The van der Waals surface area contributed by atoms with Crippen LogP contribution in [-0.2, 0) is 11.2 Å². The maximum atomic E-state index is 13.6. The number of amides is 1. The van der Waals surface area contributed by atoms with Crippen molar-refractivity contribution in [2.24, 2.45) is 5.41 Å². The number of carbonyl (C=O) groups is 2. The topological polar surface area (TPSA) is 77.0 Å². The van der Waals surface area contributed by atoms with Gasteiger partial charge >= 0.3 is 5.97 Å². The molecule has 4 aliphatic rings. The fraction of sp³-hybridized carbons (Fsp3) is 0.414. The standard InChI is InChI=1S/C29H32N4O3/c34-27(32-18-12-29(20-32)10-16-31(17-11-29)23-8-13-30-14-9-23)22-5-4-21-6-7-25(24(21)19-22)33-15-2-1-3-26(33)28(35)36/h1-5,8-9,13-15,19,25-26H,6-7,10-12,16-18,20H2,(H,35,36). The van der Waals surface area contributed by atoms with Crippen LogP contribution < -0.4 is 4.90 Å². The van der Waals surface area contributed by atoms with E-state index in [1.165, 1.54) is 11.3 Å². The number of allylic oxidation sites excluding steroid dienone is 2. The summed E-state index contributed by atoms with van der Waals surface area (Å²) >= 11 is 0. The number of rotatable bonds is 4. The number of piperidine rings is 1. The van der Waals surface area contributed by atoms with Crippen molar-refractivity contribution in [1.29, 1.82) is 0 Å². The fourth-order valence-electron chi connectivity index (χ4n) is 6.53. The van der Waals surface area contributed by atoms with Gasteiger partial charge in [-0.25, -0.2) is 4.79 Å². The first-order valence-electron chi connectivity index (χ1n) is 13.0. The minimum absolute atomic E-state index is 0.0301. The van der Waals surface area contributed by atoms with E-state index < -0.39 is 12.0 Å². The Balaban J connectivity index is 1.15. The number of anilines is 1.